The Morgan fingerprint density at radius 1 is 0.966 bits per heavy atom. The molecule has 0 N–H and O–H groups in total. The fourth-order valence-electron chi connectivity index (χ4n) is 4.06. The monoisotopic (exact) mass is 410 g/mol. The van der Waals surface area contributed by atoms with Gasteiger partial charge in [-0.2, -0.15) is 0 Å². The highest BCUT2D eigenvalue weighted by atomic mass is 35.5. The first-order valence-electron chi connectivity index (χ1n) is 10.3. The van der Waals surface area contributed by atoms with Gasteiger partial charge in [-0.3, -0.25) is 9.88 Å². The van der Waals surface area contributed by atoms with Crippen LogP contribution in [-0.2, 0) is 4.74 Å². The van der Waals surface area contributed by atoms with Crippen LogP contribution in [-0.4, -0.2) is 42.8 Å². The molecule has 4 nitrogen and oxygen atoms in total. The number of halogens is 1. The first-order chi connectivity index (χ1) is 14.3. The number of hydrogen-bond acceptors (Lipinski definition) is 4. The molecule has 3 aromatic rings. The van der Waals surface area contributed by atoms with Crippen LogP contribution in [0.3, 0.4) is 0 Å². The van der Waals surface area contributed by atoms with Gasteiger partial charge in [0, 0.05) is 40.8 Å². The molecule has 152 valence electrons. The summed E-state index contributed by atoms with van der Waals surface area (Å²) in [5, 5.41) is 2.79. The van der Waals surface area contributed by atoms with Crippen molar-refractivity contribution in [3.8, 4) is 5.75 Å². The van der Waals surface area contributed by atoms with Crippen molar-refractivity contribution >= 4 is 22.4 Å². The Kier molecular flexibility index (Phi) is 6.99. The number of fused-ring (bicyclic) bond motifs is 1. The highest BCUT2D eigenvalue weighted by Crippen LogP contribution is 2.31. The lowest BCUT2D eigenvalue weighted by molar-refractivity contribution is 0.0573. The summed E-state index contributed by atoms with van der Waals surface area (Å²) in [6.45, 7) is 3.86. The fourth-order valence-corrected chi connectivity index (χ4v) is 4.29. The van der Waals surface area contributed by atoms with Gasteiger partial charge in [0.1, 0.15) is 12.4 Å². The fraction of sp³-hybridized carbons (Fsp3) is 0.375. The van der Waals surface area contributed by atoms with Gasteiger partial charge in [-0.1, -0.05) is 48.4 Å². The van der Waals surface area contributed by atoms with Crippen LogP contribution in [0.4, 0.5) is 0 Å². The minimum atomic E-state index is 0.456. The molecule has 1 aliphatic rings. The number of benzene rings is 2. The average Bonchev–Trinajstić information content (AvgIpc) is 2.78. The van der Waals surface area contributed by atoms with Gasteiger partial charge in [-0.05, 0) is 43.1 Å². The van der Waals surface area contributed by atoms with Crippen molar-refractivity contribution in [1.82, 2.24) is 9.88 Å². The maximum absolute atomic E-state index is 6.27. The van der Waals surface area contributed by atoms with Crippen LogP contribution >= 0.6 is 11.6 Å². The lowest BCUT2D eigenvalue weighted by Crippen LogP contribution is -2.36. The molecular weight excluding hydrogens is 384 g/mol. The van der Waals surface area contributed by atoms with Crippen molar-refractivity contribution in [2.45, 2.75) is 25.3 Å². The summed E-state index contributed by atoms with van der Waals surface area (Å²) in [5.74, 6) is 0.848. The molecule has 1 fully saturated rings. The van der Waals surface area contributed by atoms with E-state index in [1.165, 1.54) is 24.8 Å². The number of pyridine rings is 1. The van der Waals surface area contributed by atoms with Crippen molar-refractivity contribution < 1.29 is 9.47 Å². The molecule has 0 saturated carbocycles. The van der Waals surface area contributed by atoms with E-state index in [-0.39, 0.29) is 0 Å². The van der Waals surface area contributed by atoms with Crippen LogP contribution < -0.4 is 4.74 Å². The van der Waals surface area contributed by atoms with Crippen LogP contribution in [0, 0.1) is 0 Å². The zero-order chi connectivity index (χ0) is 19.9. The Morgan fingerprint density at radius 2 is 1.86 bits per heavy atom. The lowest BCUT2D eigenvalue weighted by Gasteiger charge is -2.35. The number of nitrogens with zero attached hydrogens (tertiary/aromatic N) is 2. The van der Waals surface area contributed by atoms with Gasteiger partial charge in [-0.15, -0.1) is 0 Å². The first kappa shape index (κ1) is 20.1. The molecule has 0 amide bonds. The predicted octanol–water partition coefficient (Wildman–Crippen LogP) is 5.51. The van der Waals surface area contributed by atoms with Crippen LogP contribution in [0.2, 0.25) is 5.02 Å². The van der Waals surface area contributed by atoms with Crippen molar-refractivity contribution in [1.29, 1.82) is 0 Å². The Labute approximate surface area is 177 Å². The lowest BCUT2D eigenvalue weighted by atomic mass is 9.96. The summed E-state index contributed by atoms with van der Waals surface area (Å²) < 4.78 is 11.8. The molecule has 1 atom stereocenters. The molecule has 2 heterocycles. The number of hydrogen-bond donors (Lipinski definition) is 0. The number of ether oxygens (including phenoxy) is 2. The second kappa shape index (κ2) is 10.1. The SMILES string of the molecule is Clc1ccc(OCCOCCN2CCCC[C@H]2c2cccnc2)c2ccccc12. The molecule has 1 saturated heterocycles. The van der Waals surface area contributed by atoms with E-state index in [1.54, 1.807) is 0 Å². The predicted molar refractivity (Wildman–Crippen MR) is 118 cm³/mol. The third-order valence-electron chi connectivity index (χ3n) is 5.52. The zero-order valence-corrected chi connectivity index (χ0v) is 17.4. The Balaban J connectivity index is 1.24. The summed E-state index contributed by atoms with van der Waals surface area (Å²) >= 11 is 6.27. The van der Waals surface area contributed by atoms with Crippen molar-refractivity contribution in [3.05, 3.63) is 71.5 Å². The van der Waals surface area contributed by atoms with E-state index in [0.29, 0.717) is 25.9 Å². The molecule has 1 aromatic heterocycles. The molecule has 0 bridgehead atoms. The molecule has 5 heteroatoms. The van der Waals surface area contributed by atoms with E-state index < -0.39 is 0 Å². The smallest absolute Gasteiger partial charge is 0.127 e. The summed E-state index contributed by atoms with van der Waals surface area (Å²) in [6, 6.07) is 16.5. The van der Waals surface area contributed by atoms with E-state index in [0.717, 1.165) is 34.6 Å². The van der Waals surface area contributed by atoms with Crippen molar-refractivity contribution in [2.24, 2.45) is 0 Å². The number of likely N-dealkylation sites (tertiary alicyclic amines) is 1. The standard InChI is InChI=1S/C24H27ClN2O2/c25-22-10-11-24(21-8-2-1-7-20(21)22)29-17-16-28-15-14-27-13-4-3-9-23(27)19-6-5-12-26-18-19/h1-2,5-8,10-12,18,23H,3-4,9,13-17H2/t23-/m0/s1. The number of aromatic nitrogens is 1. The first-order valence-corrected chi connectivity index (χ1v) is 10.7. The maximum atomic E-state index is 6.27. The van der Waals surface area contributed by atoms with Gasteiger partial charge in [0.15, 0.2) is 0 Å². The molecule has 4 rings (SSSR count). The largest absolute Gasteiger partial charge is 0.491 e. The van der Waals surface area contributed by atoms with Crippen molar-refractivity contribution in [3.63, 3.8) is 0 Å². The van der Waals surface area contributed by atoms with E-state index in [9.17, 15) is 0 Å². The van der Waals surface area contributed by atoms with Gasteiger partial charge in [-0.25, -0.2) is 0 Å². The average molecular weight is 411 g/mol. The Bertz CT molecular complexity index is 919. The molecule has 0 spiro atoms. The minimum absolute atomic E-state index is 0.456. The van der Waals surface area contributed by atoms with Gasteiger partial charge in [0.05, 0.1) is 13.2 Å². The topological polar surface area (TPSA) is 34.6 Å². The number of rotatable bonds is 8. The third kappa shape index (κ3) is 5.08. The van der Waals surface area contributed by atoms with E-state index in [1.807, 2.05) is 54.9 Å². The van der Waals surface area contributed by atoms with Crippen molar-refractivity contribution in [2.75, 3.05) is 32.9 Å². The van der Waals surface area contributed by atoms with Gasteiger partial charge >= 0.3 is 0 Å². The molecule has 0 unspecified atom stereocenters. The van der Waals surface area contributed by atoms with E-state index >= 15 is 0 Å². The quantitative estimate of drug-likeness (QED) is 0.458. The summed E-state index contributed by atoms with van der Waals surface area (Å²) in [7, 11) is 0. The van der Waals surface area contributed by atoms with E-state index in [4.69, 9.17) is 21.1 Å². The molecule has 0 radical (unpaired) electrons. The third-order valence-corrected chi connectivity index (χ3v) is 5.85. The van der Waals surface area contributed by atoms with Crippen LogP contribution in [0.15, 0.2) is 60.9 Å². The van der Waals surface area contributed by atoms with Gasteiger partial charge in [0.25, 0.3) is 0 Å². The summed E-state index contributed by atoms with van der Waals surface area (Å²) in [6.07, 6.45) is 7.56. The van der Waals surface area contributed by atoms with Crippen LogP contribution in [0.1, 0.15) is 30.9 Å². The molecule has 2 aromatic carbocycles. The summed E-state index contributed by atoms with van der Waals surface area (Å²) in [4.78, 5) is 6.81. The highest BCUT2D eigenvalue weighted by Gasteiger charge is 2.23. The van der Waals surface area contributed by atoms with E-state index in [2.05, 4.69) is 16.0 Å². The molecule has 0 aliphatic carbocycles. The molecule has 29 heavy (non-hydrogen) atoms. The normalized spacial score (nSPS) is 17.5. The van der Waals surface area contributed by atoms with Gasteiger partial charge in [0.2, 0.25) is 0 Å². The summed E-state index contributed by atoms with van der Waals surface area (Å²) in [5.41, 5.74) is 1.31. The Morgan fingerprint density at radius 3 is 2.72 bits per heavy atom. The Hall–Kier alpha value is -2.14. The van der Waals surface area contributed by atoms with Crippen LogP contribution in [0.25, 0.3) is 10.8 Å². The zero-order valence-electron chi connectivity index (χ0n) is 16.6. The second-order valence-corrected chi connectivity index (χ2v) is 7.79. The maximum Gasteiger partial charge on any atom is 0.127 e. The molecular formula is C24H27ClN2O2. The van der Waals surface area contributed by atoms with Gasteiger partial charge < -0.3 is 9.47 Å². The second-order valence-electron chi connectivity index (χ2n) is 7.39. The van der Waals surface area contributed by atoms with Crippen LogP contribution in [0.5, 0.6) is 5.75 Å². The minimum Gasteiger partial charge on any atom is -0.491 e. The molecule has 1 aliphatic heterocycles. The number of piperidine rings is 1. The highest BCUT2D eigenvalue weighted by molar-refractivity contribution is 6.35.